The van der Waals surface area contributed by atoms with Crippen molar-refractivity contribution >= 4 is 11.9 Å². The van der Waals surface area contributed by atoms with Crippen LogP contribution < -0.4 is 0 Å². The molecular formula is C7H10N2O5. The Morgan fingerprint density at radius 3 is 2.86 bits per heavy atom. The van der Waals surface area contributed by atoms with Crippen LogP contribution in [0.3, 0.4) is 0 Å². The van der Waals surface area contributed by atoms with Gasteiger partial charge in [-0.05, 0) is 0 Å². The van der Waals surface area contributed by atoms with Crippen molar-refractivity contribution < 1.29 is 19.2 Å². The van der Waals surface area contributed by atoms with E-state index in [0.717, 1.165) is 4.90 Å². The molecule has 1 heterocycles. The number of nitro groups is 1. The largest absolute Gasteiger partial charge is 0.453 e. The molecule has 7 nitrogen and oxygen atoms in total. The van der Waals surface area contributed by atoms with Crippen LogP contribution in [-0.2, 0) is 9.53 Å². The number of rotatable bonds is 1. The Kier molecular flexibility index (Phi) is 3.00. The first-order valence-corrected chi connectivity index (χ1v) is 4.05. The lowest BCUT2D eigenvalue weighted by atomic mass is 10.1. The van der Waals surface area contributed by atoms with Crippen LogP contribution in [0.25, 0.3) is 0 Å². The number of Topliss-reactive ketones (excluding diaryl/α,β-unsaturated/α-hetero) is 1. The molecule has 0 saturated carbocycles. The lowest BCUT2D eigenvalue weighted by Crippen LogP contribution is -2.50. The van der Waals surface area contributed by atoms with Crippen LogP contribution >= 0.6 is 0 Å². The van der Waals surface area contributed by atoms with Crippen molar-refractivity contribution in [3.05, 3.63) is 10.1 Å². The zero-order valence-electron chi connectivity index (χ0n) is 7.63. The van der Waals surface area contributed by atoms with E-state index in [1.54, 1.807) is 0 Å². The van der Waals surface area contributed by atoms with E-state index in [-0.39, 0.29) is 19.5 Å². The molecule has 1 saturated heterocycles. The minimum Gasteiger partial charge on any atom is -0.453 e. The van der Waals surface area contributed by atoms with Crippen molar-refractivity contribution in [2.24, 2.45) is 0 Å². The number of ketones is 1. The average Bonchev–Trinajstić information content (AvgIpc) is 2.17. The van der Waals surface area contributed by atoms with Crippen molar-refractivity contribution in [3.8, 4) is 0 Å². The van der Waals surface area contributed by atoms with Crippen molar-refractivity contribution in [2.45, 2.75) is 12.5 Å². The Morgan fingerprint density at radius 1 is 1.71 bits per heavy atom. The van der Waals surface area contributed by atoms with Gasteiger partial charge in [0.25, 0.3) is 6.04 Å². The molecule has 1 atom stereocenters. The van der Waals surface area contributed by atoms with Crippen LogP contribution in [0.4, 0.5) is 4.79 Å². The van der Waals surface area contributed by atoms with Gasteiger partial charge < -0.3 is 9.64 Å². The van der Waals surface area contributed by atoms with Gasteiger partial charge in [-0.2, -0.15) is 0 Å². The molecule has 0 aliphatic carbocycles. The highest BCUT2D eigenvalue weighted by molar-refractivity contribution is 5.85. The van der Waals surface area contributed by atoms with Crippen molar-refractivity contribution in [1.29, 1.82) is 0 Å². The predicted octanol–water partition coefficient (Wildman–Crippen LogP) is -0.327. The number of hydrogen-bond acceptors (Lipinski definition) is 5. The van der Waals surface area contributed by atoms with Gasteiger partial charge in [0, 0.05) is 17.9 Å². The fourth-order valence-electron chi connectivity index (χ4n) is 1.29. The summed E-state index contributed by atoms with van der Waals surface area (Å²) >= 11 is 0. The van der Waals surface area contributed by atoms with E-state index in [4.69, 9.17) is 0 Å². The highest BCUT2D eigenvalue weighted by Crippen LogP contribution is 2.10. The Balaban J connectivity index is 2.66. The van der Waals surface area contributed by atoms with Gasteiger partial charge in [0.05, 0.1) is 13.7 Å². The number of ether oxygens (including phenoxy) is 1. The summed E-state index contributed by atoms with van der Waals surface area (Å²) in [4.78, 5) is 33.0. The molecule has 1 unspecified atom stereocenters. The fraction of sp³-hybridized carbons (Fsp3) is 0.714. The number of likely N-dealkylation sites (tertiary alicyclic amines) is 1. The topological polar surface area (TPSA) is 89.8 Å². The molecule has 0 spiro atoms. The predicted molar refractivity (Wildman–Crippen MR) is 44.4 cm³/mol. The highest BCUT2D eigenvalue weighted by Gasteiger charge is 2.38. The molecular weight excluding hydrogens is 192 g/mol. The first kappa shape index (κ1) is 10.4. The van der Waals surface area contributed by atoms with Crippen LogP contribution in [0.1, 0.15) is 6.42 Å². The lowest BCUT2D eigenvalue weighted by molar-refractivity contribution is -0.508. The first-order valence-electron chi connectivity index (χ1n) is 4.05. The first-order chi connectivity index (χ1) is 6.56. The molecule has 0 radical (unpaired) electrons. The van der Waals surface area contributed by atoms with Crippen LogP contribution in [0.15, 0.2) is 0 Å². The average molecular weight is 202 g/mol. The van der Waals surface area contributed by atoms with Crippen LogP contribution in [0.2, 0.25) is 0 Å². The van der Waals surface area contributed by atoms with E-state index in [9.17, 15) is 19.7 Å². The molecule has 0 aromatic carbocycles. The third kappa shape index (κ3) is 1.98. The van der Waals surface area contributed by atoms with E-state index < -0.39 is 22.8 Å². The maximum Gasteiger partial charge on any atom is 0.409 e. The molecule has 1 aliphatic heterocycles. The minimum absolute atomic E-state index is 0.0146. The number of methoxy groups -OCH3 is 1. The van der Waals surface area contributed by atoms with Gasteiger partial charge in [0.15, 0.2) is 0 Å². The standard InChI is InChI=1S/C7H10N2O5/c1-14-7(11)8-3-2-6(10)5(4-8)9(12)13/h5H,2-4H2,1H3. The minimum atomic E-state index is -1.30. The Hall–Kier alpha value is -1.66. The number of carbonyl (C=O) groups is 2. The monoisotopic (exact) mass is 202 g/mol. The van der Waals surface area contributed by atoms with E-state index in [2.05, 4.69) is 4.74 Å². The second kappa shape index (κ2) is 4.03. The molecule has 1 rings (SSSR count). The summed E-state index contributed by atoms with van der Waals surface area (Å²) in [6.07, 6.45) is -0.620. The van der Waals surface area contributed by atoms with Gasteiger partial charge in [0.1, 0.15) is 0 Å². The normalized spacial score (nSPS) is 21.9. The van der Waals surface area contributed by atoms with E-state index >= 15 is 0 Å². The molecule has 0 N–H and O–H groups in total. The van der Waals surface area contributed by atoms with E-state index in [0.29, 0.717) is 0 Å². The number of nitrogens with zero attached hydrogens (tertiary/aromatic N) is 2. The summed E-state index contributed by atoms with van der Waals surface area (Å²) < 4.78 is 4.41. The maximum atomic E-state index is 11.1. The number of piperidine rings is 1. The molecule has 0 aromatic rings. The smallest absolute Gasteiger partial charge is 0.409 e. The number of carbonyl (C=O) groups excluding carboxylic acids is 2. The molecule has 78 valence electrons. The van der Waals surface area contributed by atoms with Gasteiger partial charge in [0.2, 0.25) is 5.78 Å². The number of amides is 1. The molecule has 0 bridgehead atoms. The molecule has 1 fully saturated rings. The quantitative estimate of drug-likeness (QED) is 0.429. The van der Waals surface area contributed by atoms with Crippen LogP contribution in [0.5, 0.6) is 0 Å². The molecule has 7 heteroatoms. The Bertz CT molecular complexity index is 277. The van der Waals surface area contributed by atoms with E-state index in [1.165, 1.54) is 7.11 Å². The molecule has 1 amide bonds. The molecule has 1 aliphatic rings. The number of hydrogen-bond donors (Lipinski definition) is 0. The Morgan fingerprint density at radius 2 is 2.36 bits per heavy atom. The van der Waals surface area contributed by atoms with Crippen LogP contribution in [-0.4, -0.2) is 47.9 Å². The van der Waals surface area contributed by atoms with Crippen molar-refractivity contribution in [1.82, 2.24) is 4.90 Å². The zero-order chi connectivity index (χ0) is 10.7. The fourth-order valence-corrected chi connectivity index (χ4v) is 1.29. The molecule has 14 heavy (non-hydrogen) atoms. The summed E-state index contributed by atoms with van der Waals surface area (Å²) in [7, 11) is 1.19. The third-order valence-electron chi connectivity index (χ3n) is 2.08. The van der Waals surface area contributed by atoms with Crippen molar-refractivity contribution in [3.63, 3.8) is 0 Å². The van der Waals surface area contributed by atoms with Crippen LogP contribution in [0, 0.1) is 10.1 Å². The van der Waals surface area contributed by atoms with Gasteiger partial charge in [-0.25, -0.2) is 4.79 Å². The summed E-state index contributed by atoms with van der Waals surface area (Å²) in [5.41, 5.74) is 0. The lowest BCUT2D eigenvalue weighted by Gasteiger charge is -2.26. The molecule has 0 aromatic heterocycles. The third-order valence-corrected chi connectivity index (χ3v) is 2.08. The maximum absolute atomic E-state index is 11.1. The zero-order valence-corrected chi connectivity index (χ0v) is 7.63. The van der Waals surface area contributed by atoms with E-state index in [1.807, 2.05) is 0 Å². The second-order valence-corrected chi connectivity index (χ2v) is 2.93. The summed E-state index contributed by atoms with van der Waals surface area (Å²) in [5.74, 6) is -0.435. The van der Waals surface area contributed by atoms with Gasteiger partial charge >= 0.3 is 6.09 Å². The van der Waals surface area contributed by atoms with Gasteiger partial charge in [-0.15, -0.1) is 0 Å². The van der Waals surface area contributed by atoms with Gasteiger partial charge in [-0.1, -0.05) is 0 Å². The summed E-state index contributed by atoms with van der Waals surface area (Å²) in [6, 6.07) is -1.30. The Labute approximate surface area is 79.8 Å². The van der Waals surface area contributed by atoms with Gasteiger partial charge in [-0.3, -0.25) is 14.9 Å². The summed E-state index contributed by atoms with van der Waals surface area (Å²) in [6.45, 7) is -0.00560. The summed E-state index contributed by atoms with van der Waals surface area (Å²) in [5, 5.41) is 10.4. The second-order valence-electron chi connectivity index (χ2n) is 2.93. The van der Waals surface area contributed by atoms with Crippen molar-refractivity contribution in [2.75, 3.05) is 20.2 Å². The SMILES string of the molecule is COC(=O)N1CCC(=O)C([N+](=O)[O-])C1. The highest BCUT2D eigenvalue weighted by atomic mass is 16.6.